The Morgan fingerprint density at radius 1 is 1.41 bits per heavy atom. The molecule has 0 heterocycles. The first-order valence-corrected chi connectivity index (χ1v) is 5.22. The maximum atomic E-state index is 13.4. The second-order valence-electron chi connectivity index (χ2n) is 4.16. The molecule has 3 nitrogen and oxygen atoms in total. The molecule has 0 saturated carbocycles. The fraction of sp³-hybridized carbons (Fsp3) is 0.417. The van der Waals surface area contributed by atoms with E-state index in [0.29, 0.717) is 0 Å². The Kier molecular flexibility index (Phi) is 4.57. The smallest absolute Gasteiger partial charge is 0.304 e. The molecule has 1 rings (SSSR count). The lowest BCUT2D eigenvalue weighted by atomic mass is 10.0. The number of halogens is 2. The summed E-state index contributed by atoms with van der Waals surface area (Å²) in [6.07, 6.45) is 0.0614. The van der Waals surface area contributed by atoms with Crippen LogP contribution in [-0.2, 0) is 11.2 Å². The molecule has 1 atom stereocenters. The molecule has 0 saturated heterocycles. The molecule has 0 fully saturated rings. The fourth-order valence-corrected chi connectivity index (χ4v) is 1.59. The van der Waals surface area contributed by atoms with E-state index in [2.05, 4.69) is 0 Å². The number of hydrogen-bond donors (Lipinski definition) is 1. The summed E-state index contributed by atoms with van der Waals surface area (Å²) < 4.78 is 26.4. The van der Waals surface area contributed by atoms with Crippen LogP contribution in [0.1, 0.15) is 12.0 Å². The van der Waals surface area contributed by atoms with E-state index < -0.39 is 17.6 Å². The molecule has 5 heteroatoms. The summed E-state index contributed by atoms with van der Waals surface area (Å²) in [7, 11) is 3.43. The van der Waals surface area contributed by atoms with Crippen LogP contribution < -0.4 is 0 Å². The minimum Gasteiger partial charge on any atom is -0.481 e. The minimum absolute atomic E-state index is 0.108. The van der Waals surface area contributed by atoms with Crippen molar-refractivity contribution in [1.29, 1.82) is 0 Å². The standard InChI is InChI=1S/C12H15F2NO2/c1-15(2)10(7-12(16)17)6-8-5-9(13)3-4-11(8)14/h3-5,10H,6-7H2,1-2H3,(H,16,17). The van der Waals surface area contributed by atoms with Crippen molar-refractivity contribution >= 4 is 5.97 Å². The van der Waals surface area contributed by atoms with E-state index in [-0.39, 0.29) is 24.4 Å². The van der Waals surface area contributed by atoms with Crippen molar-refractivity contribution in [3.63, 3.8) is 0 Å². The van der Waals surface area contributed by atoms with Crippen LogP contribution in [0.5, 0.6) is 0 Å². The third kappa shape index (κ3) is 4.11. The van der Waals surface area contributed by atoms with Gasteiger partial charge in [-0.2, -0.15) is 0 Å². The molecule has 0 bridgehead atoms. The van der Waals surface area contributed by atoms with Gasteiger partial charge in [0.1, 0.15) is 11.6 Å². The zero-order valence-electron chi connectivity index (χ0n) is 9.78. The third-order valence-corrected chi connectivity index (χ3v) is 2.60. The van der Waals surface area contributed by atoms with E-state index in [9.17, 15) is 13.6 Å². The normalized spacial score (nSPS) is 12.8. The van der Waals surface area contributed by atoms with Gasteiger partial charge in [-0.15, -0.1) is 0 Å². The van der Waals surface area contributed by atoms with Gasteiger partial charge in [-0.1, -0.05) is 0 Å². The van der Waals surface area contributed by atoms with E-state index in [4.69, 9.17) is 5.11 Å². The van der Waals surface area contributed by atoms with Crippen molar-refractivity contribution in [3.05, 3.63) is 35.4 Å². The van der Waals surface area contributed by atoms with Crippen molar-refractivity contribution < 1.29 is 18.7 Å². The molecule has 94 valence electrons. The highest BCUT2D eigenvalue weighted by Crippen LogP contribution is 2.15. The average molecular weight is 243 g/mol. The van der Waals surface area contributed by atoms with Gasteiger partial charge in [0.15, 0.2) is 0 Å². The van der Waals surface area contributed by atoms with Crippen LogP contribution in [0.3, 0.4) is 0 Å². The molecule has 0 aliphatic heterocycles. The van der Waals surface area contributed by atoms with Gasteiger partial charge in [0.25, 0.3) is 0 Å². The third-order valence-electron chi connectivity index (χ3n) is 2.60. The van der Waals surface area contributed by atoms with Crippen molar-refractivity contribution in [2.45, 2.75) is 18.9 Å². The lowest BCUT2D eigenvalue weighted by Gasteiger charge is -2.22. The topological polar surface area (TPSA) is 40.5 Å². The second kappa shape index (κ2) is 5.72. The van der Waals surface area contributed by atoms with Gasteiger partial charge < -0.3 is 10.0 Å². The Morgan fingerprint density at radius 3 is 2.59 bits per heavy atom. The molecule has 0 spiro atoms. The predicted molar refractivity (Wildman–Crippen MR) is 59.8 cm³/mol. The summed E-state index contributed by atoms with van der Waals surface area (Å²) in [5, 5.41) is 8.74. The number of carbonyl (C=O) groups is 1. The van der Waals surface area contributed by atoms with Gasteiger partial charge in [0.2, 0.25) is 0 Å². The largest absolute Gasteiger partial charge is 0.481 e. The number of rotatable bonds is 5. The zero-order chi connectivity index (χ0) is 13.0. The van der Waals surface area contributed by atoms with Crippen LogP contribution in [0.4, 0.5) is 8.78 Å². The average Bonchev–Trinajstić information content (AvgIpc) is 2.21. The first kappa shape index (κ1) is 13.6. The number of nitrogens with zero attached hydrogens (tertiary/aromatic N) is 1. The Bertz CT molecular complexity index is 407. The van der Waals surface area contributed by atoms with Crippen LogP contribution in [0.15, 0.2) is 18.2 Å². The molecule has 0 aromatic heterocycles. The molecule has 0 aliphatic carbocycles. The van der Waals surface area contributed by atoms with Crippen LogP contribution in [-0.4, -0.2) is 36.1 Å². The lowest BCUT2D eigenvalue weighted by Crippen LogP contribution is -2.32. The monoisotopic (exact) mass is 243 g/mol. The second-order valence-corrected chi connectivity index (χ2v) is 4.16. The van der Waals surface area contributed by atoms with Crippen LogP contribution in [0.2, 0.25) is 0 Å². The minimum atomic E-state index is -0.958. The van der Waals surface area contributed by atoms with E-state index in [0.717, 1.165) is 18.2 Å². The molecule has 1 aromatic rings. The van der Waals surface area contributed by atoms with Gasteiger partial charge in [0.05, 0.1) is 6.42 Å². The van der Waals surface area contributed by atoms with Crippen LogP contribution in [0, 0.1) is 11.6 Å². The van der Waals surface area contributed by atoms with Crippen LogP contribution in [0.25, 0.3) is 0 Å². The Hall–Kier alpha value is -1.49. The van der Waals surface area contributed by atoms with Gasteiger partial charge in [-0.3, -0.25) is 4.79 Å². The Labute approximate surface area is 98.7 Å². The number of benzene rings is 1. The SMILES string of the molecule is CN(C)C(CC(=O)O)Cc1cc(F)ccc1F. The number of hydrogen-bond acceptors (Lipinski definition) is 2. The molecule has 1 N–H and O–H groups in total. The molecule has 17 heavy (non-hydrogen) atoms. The van der Waals surface area contributed by atoms with Gasteiger partial charge in [-0.05, 0) is 44.3 Å². The predicted octanol–water partition coefficient (Wildman–Crippen LogP) is 1.91. The quantitative estimate of drug-likeness (QED) is 0.858. The van der Waals surface area contributed by atoms with Crippen LogP contribution >= 0.6 is 0 Å². The number of carboxylic acids is 1. The summed E-state index contributed by atoms with van der Waals surface area (Å²) >= 11 is 0. The Balaban J connectivity index is 2.85. The van der Waals surface area contributed by atoms with Crippen molar-refractivity contribution in [3.8, 4) is 0 Å². The lowest BCUT2D eigenvalue weighted by molar-refractivity contribution is -0.138. The Morgan fingerprint density at radius 2 is 2.06 bits per heavy atom. The van der Waals surface area contributed by atoms with Gasteiger partial charge in [-0.25, -0.2) is 8.78 Å². The molecule has 0 radical (unpaired) electrons. The summed E-state index contributed by atoms with van der Waals surface area (Å²) in [6, 6.07) is 2.84. The molecular weight excluding hydrogens is 228 g/mol. The highest BCUT2D eigenvalue weighted by molar-refractivity contribution is 5.67. The van der Waals surface area contributed by atoms with E-state index in [1.165, 1.54) is 0 Å². The summed E-state index contributed by atoms with van der Waals surface area (Å²) in [4.78, 5) is 12.4. The molecule has 1 unspecified atom stereocenters. The number of aliphatic carboxylic acids is 1. The van der Waals surface area contributed by atoms with E-state index in [1.54, 1.807) is 19.0 Å². The van der Waals surface area contributed by atoms with Crippen molar-refractivity contribution in [2.75, 3.05) is 14.1 Å². The number of carboxylic acid groups (broad SMARTS) is 1. The van der Waals surface area contributed by atoms with Crippen molar-refractivity contribution in [1.82, 2.24) is 4.90 Å². The van der Waals surface area contributed by atoms with E-state index >= 15 is 0 Å². The number of likely N-dealkylation sites (N-methyl/N-ethyl adjacent to an activating group) is 1. The van der Waals surface area contributed by atoms with Gasteiger partial charge in [0, 0.05) is 6.04 Å². The van der Waals surface area contributed by atoms with E-state index in [1.807, 2.05) is 0 Å². The fourth-order valence-electron chi connectivity index (χ4n) is 1.59. The first-order chi connectivity index (χ1) is 7.90. The highest BCUT2D eigenvalue weighted by atomic mass is 19.1. The summed E-state index contributed by atoms with van der Waals surface area (Å²) in [5.74, 6) is -1.99. The zero-order valence-corrected chi connectivity index (χ0v) is 9.78. The molecule has 0 aliphatic rings. The summed E-state index contributed by atoms with van der Waals surface area (Å²) in [6.45, 7) is 0. The molecule has 1 aromatic carbocycles. The highest BCUT2D eigenvalue weighted by Gasteiger charge is 2.18. The first-order valence-electron chi connectivity index (χ1n) is 5.22. The summed E-state index contributed by atoms with van der Waals surface area (Å²) in [5.41, 5.74) is 0.199. The molecule has 0 amide bonds. The van der Waals surface area contributed by atoms with Gasteiger partial charge >= 0.3 is 5.97 Å². The maximum absolute atomic E-state index is 13.4. The van der Waals surface area contributed by atoms with Crippen molar-refractivity contribution in [2.24, 2.45) is 0 Å². The maximum Gasteiger partial charge on any atom is 0.304 e. The molecular formula is C12H15F2NO2.